The number of hydrogen-bond acceptors (Lipinski definition) is 5. The third kappa shape index (κ3) is 4.68. The molecule has 2 N–H and O–H groups in total. The summed E-state index contributed by atoms with van der Waals surface area (Å²) in [6.07, 6.45) is 0.978. The van der Waals surface area contributed by atoms with Crippen LogP contribution >= 0.6 is 0 Å². The number of hydrogen-bond donors (Lipinski definition) is 2. The number of ether oxygens (including phenoxy) is 1. The normalized spacial score (nSPS) is 12.0. The van der Waals surface area contributed by atoms with E-state index in [1.165, 1.54) is 24.3 Å². The molecule has 2 aromatic rings. The Morgan fingerprint density at radius 1 is 1.29 bits per heavy atom. The van der Waals surface area contributed by atoms with Gasteiger partial charge in [-0.25, -0.2) is 9.37 Å². The fraction of sp³-hybridized carbons (Fsp3) is 0.333. The zero-order valence-corrected chi connectivity index (χ0v) is 12.0. The van der Waals surface area contributed by atoms with Gasteiger partial charge in [0, 0.05) is 12.7 Å². The molecule has 5 nitrogen and oxygen atoms in total. The van der Waals surface area contributed by atoms with E-state index >= 15 is 0 Å². The summed E-state index contributed by atoms with van der Waals surface area (Å²) in [6, 6.07) is 5.66. The Balaban J connectivity index is 1.80. The number of anilines is 1. The molecule has 0 saturated heterocycles. The first kappa shape index (κ1) is 15.2. The van der Waals surface area contributed by atoms with E-state index in [2.05, 4.69) is 15.3 Å². The highest BCUT2D eigenvalue weighted by Crippen LogP contribution is 2.12. The van der Waals surface area contributed by atoms with Crippen LogP contribution in [0.2, 0.25) is 0 Å². The molecule has 0 amide bonds. The minimum Gasteiger partial charge on any atom is -0.491 e. The average molecular weight is 291 g/mol. The number of rotatable bonds is 6. The predicted molar refractivity (Wildman–Crippen MR) is 77.9 cm³/mol. The molecule has 0 aliphatic heterocycles. The summed E-state index contributed by atoms with van der Waals surface area (Å²) in [5.74, 6) is 0.843. The molecule has 0 spiro atoms. The highest BCUT2D eigenvalue weighted by molar-refractivity contribution is 5.39. The fourth-order valence-electron chi connectivity index (χ4n) is 1.70. The Morgan fingerprint density at radius 3 is 2.71 bits per heavy atom. The van der Waals surface area contributed by atoms with Crippen molar-refractivity contribution in [3.8, 4) is 5.75 Å². The molecule has 0 saturated carbocycles. The third-order valence-corrected chi connectivity index (χ3v) is 2.84. The van der Waals surface area contributed by atoms with Gasteiger partial charge >= 0.3 is 0 Å². The number of benzene rings is 1. The van der Waals surface area contributed by atoms with Gasteiger partial charge in [0.1, 0.15) is 30.1 Å². The number of aliphatic hydroxyl groups excluding tert-OH is 1. The van der Waals surface area contributed by atoms with Crippen LogP contribution in [0, 0.1) is 19.7 Å². The fourth-order valence-corrected chi connectivity index (χ4v) is 1.70. The quantitative estimate of drug-likeness (QED) is 0.853. The standard InChI is InChI=1S/C15H18FN3O2/c1-10-7-17-11(2)15(19-10)18-8-13(20)9-21-14-5-3-12(16)4-6-14/h3-7,13,20H,8-9H2,1-2H3,(H,18,19). The second-order valence-corrected chi connectivity index (χ2v) is 4.75. The number of aryl methyl sites for hydroxylation is 2. The molecule has 0 aliphatic carbocycles. The van der Waals surface area contributed by atoms with Crippen molar-refractivity contribution in [2.24, 2.45) is 0 Å². The lowest BCUT2D eigenvalue weighted by Gasteiger charge is -2.14. The van der Waals surface area contributed by atoms with E-state index in [1.807, 2.05) is 13.8 Å². The lowest BCUT2D eigenvalue weighted by atomic mass is 10.3. The van der Waals surface area contributed by atoms with E-state index in [0.29, 0.717) is 18.1 Å². The first-order valence-corrected chi connectivity index (χ1v) is 6.65. The number of halogens is 1. The summed E-state index contributed by atoms with van der Waals surface area (Å²) < 4.78 is 18.1. The van der Waals surface area contributed by atoms with Crippen molar-refractivity contribution in [3.63, 3.8) is 0 Å². The molecule has 21 heavy (non-hydrogen) atoms. The summed E-state index contributed by atoms with van der Waals surface area (Å²) in [7, 11) is 0. The molecular weight excluding hydrogens is 273 g/mol. The number of nitrogens with one attached hydrogen (secondary N) is 1. The van der Waals surface area contributed by atoms with Crippen LogP contribution in [0.25, 0.3) is 0 Å². The van der Waals surface area contributed by atoms with Crippen molar-refractivity contribution in [1.29, 1.82) is 0 Å². The van der Waals surface area contributed by atoms with Gasteiger partial charge in [-0.2, -0.15) is 0 Å². The van der Waals surface area contributed by atoms with Crippen molar-refractivity contribution in [2.45, 2.75) is 20.0 Å². The van der Waals surface area contributed by atoms with E-state index in [4.69, 9.17) is 4.74 Å². The van der Waals surface area contributed by atoms with E-state index in [1.54, 1.807) is 6.20 Å². The highest BCUT2D eigenvalue weighted by Gasteiger charge is 2.08. The van der Waals surface area contributed by atoms with Crippen molar-refractivity contribution in [1.82, 2.24) is 9.97 Å². The topological polar surface area (TPSA) is 67.3 Å². The highest BCUT2D eigenvalue weighted by atomic mass is 19.1. The smallest absolute Gasteiger partial charge is 0.147 e. The van der Waals surface area contributed by atoms with Crippen LogP contribution in [-0.2, 0) is 0 Å². The van der Waals surface area contributed by atoms with Crippen LogP contribution in [0.1, 0.15) is 11.4 Å². The Bertz CT molecular complexity index is 590. The van der Waals surface area contributed by atoms with Gasteiger partial charge in [0.15, 0.2) is 0 Å². The Labute approximate surface area is 122 Å². The molecule has 0 fully saturated rings. The minimum absolute atomic E-state index is 0.108. The SMILES string of the molecule is Cc1cnc(C)c(NCC(O)COc2ccc(F)cc2)n1. The number of aromatic nitrogens is 2. The first-order valence-electron chi connectivity index (χ1n) is 6.65. The Morgan fingerprint density at radius 2 is 2.00 bits per heavy atom. The third-order valence-electron chi connectivity index (χ3n) is 2.84. The van der Waals surface area contributed by atoms with E-state index in [9.17, 15) is 9.50 Å². The second kappa shape index (κ2) is 6.99. The van der Waals surface area contributed by atoms with Crippen LogP contribution in [0.5, 0.6) is 5.75 Å². The van der Waals surface area contributed by atoms with Crippen molar-refractivity contribution in [2.75, 3.05) is 18.5 Å². The zero-order valence-electron chi connectivity index (χ0n) is 12.0. The first-order chi connectivity index (χ1) is 10.0. The molecule has 1 unspecified atom stereocenters. The van der Waals surface area contributed by atoms with Crippen molar-refractivity contribution >= 4 is 5.82 Å². The largest absolute Gasteiger partial charge is 0.491 e. The number of aliphatic hydroxyl groups is 1. The summed E-state index contributed by atoms with van der Waals surface area (Å²) in [6.45, 7) is 4.10. The molecule has 1 aromatic heterocycles. The summed E-state index contributed by atoms with van der Waals surface area (Å²) in [5, 5.41) is 12.9. The van der Waals surface area contributed by atoms with Gasteiger partial charge in [-0.3, -0.25) is 4.98 Å². The Hall–Kier alpha value is -2.21. The maximum atomic E-state index is 12.7. The molecule has 1 aromatic carbocycles. The molecule has 1 heterocycles. The molecule has 0 radical (unpaired) electrons. The molecule has 2 rings (SSSR count). The summed E-state index contributed by atoms with van der Waals surface area (Å²) >= 11 is 0. The molecule has 0 bridgehead atoms. The van der Waals surface area contributed by atoms with Gasteiger partial charge in [0.2, 0.25) is 0 Å². The van der Waals surface area contributed by atoms with Gasteiger partial charge < -0.3 is 15.2 Å². The maximum absolute atomic E-state index is 12.7. The van der Waals surface area contributed by atoms with Gasteiger partial charge in [-0.05, 0) is 38.1 Å². The maximum Gasteiger partial charge on any atom is 0.147 e. The summed E-state index contributed by atoms with van der Waals surface area (Å²) in [5.41, 5.74) is 1.58. The molecule has 1 atom stereocenters. The van der Waals surface area contributed by atoms with Gasteiger partial charge in [0.05, 0.1) is 11.4 Å². The number of nitrogens with zero attached hydrogens (tertiary/aromatic N) is 2. The van der Waals surface area contributed by atoms with Crippen LogP contribution in [0.15, 0.2) is 30.5 Å². The zero-order chi connectivity index (χ0) is 15.2. The molecular formula is C15H18FN3O2. The molecule has 0 aliphatic rings. The molecule has 6 heteroatoms. The van der Waals surface area contributed by atoms with E-state index < -0.39 is 6.10 Å². The predicted octanol–water partition coefficient (Wildman–Crippen LogP) is 2.08. The van der Waals surface area contributed by atoms with Gasteiger partial charge in [0.25, 0.3) is 0 Å². The monoisotopic (exact) mass is 291 g/mol. The van der Waals surface area contributed by atoms with Gasteiger partial charge in [-0.1, -0.05) is 0 Å². The second-order valence-electron chi connectivity index (χ2n) is 4.75. The summed E-state index contributed by atoms with van der Waals surface area (Å²) in [4.78, 5) is 8.49. The Kier molecular flexibility index (Phi) is 5.05. The van der Waals surface area contributed by atoms with Crippen molar-refractivity contribution < 1.29 is 14.2 Å². The molecule has 112 valence electrons. The van der Waals surface area contributed by atoms with E-state index in [0.717, 1.165) is 11.4 Å². The lowest BCUT2D eigenvalue weighted by molar-refractivity contribution is 0.117. The van der Waals surface area contributed by atoms with Crippen LogP contribution in [-0.4, -0.2) is 34.3 Å². The van der Waals surface area contributed by atoms with Crippen LogP contribution in [0.4, 0.5) is 10.2 Å². The van der Waals surface area contributed by atoms with E-state index in [-0.39, 0.29) is 12.4 Å². The van der Waals surface area contributed by atoms with Crippen LogP contribution in [0.3, 0.4) is 0 Å². The average Bonchev–Trinajstić information content (AvgIpc) is 2.47. The lowest BCUT2D eigenvalue weighted by Crippen LogP contribution is -2.27. The van der Waals surface area contributed by atoms with Crippen LogP contribution < -0.4 is 10.1 Å². The van der Waals surface area contributed by atoms with Gasteiger partial charge in [-0.15, -0.1) is 0 Å². The minimum atomic E-state index is -0.711. The van der Waals surface area contributed by atoms with Crippen molar-refractivity contribution in [3.05, 3.63) is 47.7 Å².